The van der Waals surface area contributed by atoms with Crippen molar-refractivity contribution in [2.24, 2.45) is 0 Å². The summed E-state index contributed by atoms with van der Waals surface area (Å²) in [5.41, 5.74) is 2.34. The van der Waals surface area contributed by atoms with Crippen LogP contribution in [0.3, 0.4) is 0 Å². The number of nitrogens with zero attached hydrogens (tertiary/aromatic N) is 2. The van der Waals surface area contributed by atoms with Gasteiger partial charge in [-0.25, -0.2) is 4.98 Å². The Hall–Kier alpha value is -2.40. The molecule has 0 aliphatic carbocycles. The van der Waals surface area contributed by atoms with Crippen molar-refractivity contribution < 1.29 is 0 Å². The Labute approximate surface area is 92.8 Å². The van der Waals surface area contributed by atoms with E-state index in [1.54, 1.807) is 6.07 Å². The highest BCUT2D eigenvalue weighted by Gasteiger charge is 2.03. The summed E-state index contributed by atoms with van der Waals surface area (Å²) in [4.78, 5) is 4.53. The van der Waals surface area contributed by atoms with Crippen LogP contribution in [0.2, 0.25) is 0 Å². The van der Waals surface area contributed by atoms with Gasteiger partial charge >= 0.3 is 0 Å². The molecule has 0 N–H and O–H groups in total. The first-order valence-electron chi connectivity index (χ1n) is 5.07. The van der Waals surface area contributed by atoms with Crippen molar-refractivity contribution >= 4 is 21.8 Å². The van der Waals surface area contributed by atoms with Crippen LogP contribution in [0, 0.1) is 11.3 Å². The van der Waals surface area contributed by atoms with E-state index in [4.69, 9.17) is 5.26 Å². The molecule has 0 saturated carbocycles. The molecule has 0 amide bonds. The normalized spacial score (nSPS) is 10.4. The van der Waals surface area contributed by atoms with Crippen LogP contribution in [0.15, 0.2) is 48.5 Å². The molecule has 0 radical (unpaired) electrons. The monoisotopic (exact) mass is 204 g/mol. The summed E-state index contributed by atoms with van der Waals surface area (Å²) in [5.74, 6) is 0. The van der Waals surface area contributed by atoms with Crippen molar-refractivity contribution in [3.05, 3.63) is 54.1 Å². The van der Waals surface area contributed by atoms with E-state index in [9.17, 15) is 0 Å². The average molecular weight is 204 g/mol. The predicted octanol–water partition coefficient (Wildman–Crippen LogP) is 3.26. The van der Waals surface area contributed by atoms with Crippen LogP contribution in [-0.4, -0.2) is 4.98 Å². The molecule has 0 saturated heterocycles. The highest BCUT2D eigenvalue weighted by Crippen LogP contribution is 2.21. The lowest BCUT2D eigenvalue weighted by Gasteiger charge is -2.02. The Balaban J connectivity index is 2.52. The molecule has 3 rings (SSSR count). The van der Waals surface area contributed by atoms with Crippen molar-refractivity contribution in [2.75, 3.05) is 0 Å². The molecule has 2 nitrogen and oxygen atoms in total. The number of aromatic nitrogens is 1. The van der Waals surface area contributed by atoms with Crippen LogP contribution in [0.5, 0.6) is 0 Å². The van der Waals surface area contributed by atoms with Crippen molar-refractivity contribution in [2.45, 2.75) is 0 Å². The first-order chi connectivity index (χ1) is 7.88. The molecule has 0 aliphatic heterocycles. The van der Waals surface area contributed by atoms with E-state index in [-0.39, 0.29) is 0 Å². The number of hydrogen-bond acceptors (Lipinski definition) is 2. The molecule has 2 aromatic carbocycles. The Kier molecular flexibility index (Phi) is 1.84. The van der Waals surface area contributed by atoms with Gasteiger partial charge in [-0.3, -0.25) is 0 Å². The Bertz CT molecular complexity index is 723. The summed E-state index contributed by atoms with van der Waals surface area (Å²) >= 11 is 0. The van der Waals surface area contributed by atoms with Gasteiger partial charge in [0.25, 0.3) is 0 Å². The maximum absolute atomic E-state index is 9.02. The van der Waals surface area contributed by atoms with E-state index in [2.05, 4.69) is 17.1 Å². The quantitative estimate of drug-likeness (QED) is 0.527. The van der Waals surface area contributed by atoms with Gasteiger partial charge < -0.3 is 0 Å². The second-order valence-electron chi connectivity index (χ2n) is 3.67. The summed E-state index contributed by atoms with van der Waals surface area (Å²) in [6, 6.07) is 17.8. The molecule has 0 spiro atoms. The zero-order chi connectivity index (χ0) is 11.0. The summed E-state index contributed by atoms with van der Waals surface area (Å²) in [7, 11) is 0. The Morgan fingerprint density at radius 1 is 0.938 bits per heavy atom. The Morgan fingerprint density at radius 2 is 1.75 bits per heavy atom. The van der Waals surface area contributed by atoms with E-state index in [1.807, 2.05) is 36.4 Å². The van der Waals surface area contributed by atoms with Crippen LogP contribution in [0.4, 0.5) is 0 Å². The van der Waals surface area contributed by atoms with Crippen LogP contribution in [0.25, 0.3) is 21.8 Å². The predicted molar refractivity (Wildman–Crippen MR) is 64.0 cm³/mol. The van der Waals surface area contributed by atoms with E-state index in [1.165, 1.54) is 0 Å². The molecule has 0 aliphatic rings. The number of fused-ring (bicyclic) bond motifs is 2. The summed E-state index contributed by atoms with van der Waals surface area (Å²) in [6.45, 7) is 0. The van der Waals surface area contributed by atoms with Crippen molar-refractivity contribution in [3.63, 3.8) is 0 Å². The number of nitriles is 1. The van der Waals surface area contributed by atoms with Crippen LogP contribution >= 0.6 is 0 Å². The number of pyridine rings is 1. The second kappa shape index (κ2) is 3.32. The third-order valence-corrected chi connectivity index (χ3v) is 2.67. The van der Waals surface area contributed by atoms with Crippen molar-refractivity contribution in [3.8, 4) is 6.07 Å². The van der Waals surface area contributed by atoms with Crippen molar-refractivity contribution in [1.29, 1.82) is 5.26 Å². The lowest BCUT2D eigenvalue weighted by Crippen LogP contribution is -1.85. The second-order valence-corrected chi connectivity index (χ2v) is 3.67. The molecule has 74 valence electrons. The maximum atomic E-state index is 9.02. The molecule has 0 atom stereocenters. The minimum absolute atomic E-state index is 0.628. The fraction of sp³-hybridized carbons (Fsp3) is 0. The molecule has 1 heterocycles. The third-order valence-electron chi connectivity index (χ3n) is 2.67. The van der Waals surface area contributed by atoms with E-state index in [0.717, 1.165) is 21.8 Å². The zero-order valence-corrected chi connectivity index (χ0v) is 8.51. The van der Waals surface area contributed by atoms with Gasteiger partial charge in [-0.15, -0.1) is 0 Å². The fourth-order valence-corrected chi connectivity index (χ4v) is 1.89. The molecular formula is C14H8N2. The SMILES string of the molecule is N#Cc1cccc2cc3ccccc3nc12. The van der Waals surface area contributed by atoms with E-state index >= 15 is 0 Å². The van der Waals surface area contributed by atoms with Crippen molar-refractivity contribution in [1.82, 2.24) is 4.98 Å². The molecule has 3 aromatic rings. The van der Waals surface area contributed by atoms with Gasteiger partial charge in [-0.2, -0.15) is 5.26 Å². The number of hydrogen-bond donors (Lipinski definition) is 0. The van der Waals surface area contributed by atoms with E-state index in [0.29, 0.717) is 5.56 Å². The molecule has 16 heavy (non-hydrogen) atoms. The van der Waals surface area contributed by atoms with Gasteiger partial charge in [0.15, 0.2) is 0 Å². The van der Waals surface area contributed by atoms with Crippen LogP contribution < -0.4 is 0 Å². The Morgan fingerprint density at radius 3 is 2.62 bits per heavy atom. The summed E-state index contributed by atoms with van der Waals surface area (Å²) in [6.07, 6.45) is 0. The largest absolute Gasteiger partial charge is 0.246 e. The first kappa shape index (κ1) is 8.87. The maximum Gasteiger partial charge on any atom is 0.101 e. The molecule has 0 unspecified atom stereocenters. The standard InChI is InChI=1S/C14H8N2/c15-9-12-6-3-5-11-8-10-4-1-2-7-13(10)16-14(11)12/h1-8H. The molecular weight excluding hydrogens is 196 g/mol. The highest BCUT2D eigenvalue weighted by molar-refractivity contribution is 5.94. The lowest BCUT2D eigenvalue weighted by atomic mass is 10.1. The van der Waals surface area contributed by atoms with Crippen LogP contribution in [0.1, 0.15) is 5.56 Å². The summed E-state index contributed by atoms with van der Waals surface area (Å²) < 4.78 is 0. The fourth-order valence-electron chi connectivity index (χ4n) is 1.89. The minimum Gasteiger partial charge on any atom is -0.246 e. The zero-order valence-electron chi connectivity index (χ0n) is 8.51. The third kappa shape index (κ3) is 1.23. The first-order valence-corrected chi connectivity index (χ1v) is 5.07. The van der Waals surface area contributed by atoms with Gasteiger partial charge in [0.1, 0.15) is 6.07 Å². The molecule has 2 heteroatoms. The van der Waals surface area contributed by atoms with Gasteiger partial charge in [0.05, 0.1) is 16.6 Å². The van der Waals surface area contributed by atoms with Gasteiger partial charge in [-0.05, 0) is 18.2 Å². The van der Waals surface area contributed by atoms with Gasteiger partial charge in [0.2, 0.25) is 0 Å². The van der Waals surface area contributed by atoms with Crippen LogP contribution in [-0.2, 0) is 0 Å². The molecule has 0 fully saturated rings. The number of benzene rings is 2. The molecule has 0 bridgehead atoms. The highest BCUT2D eigenvalue weighted by atomic mass is 14.7. The lowest BCUT2D eigenvalue weighted by molar-refractivity contribution is 1.45. The topological polar surface area (TPSA) is 36.7 Å². The minimum atomic E-state index is 0.628. The molecule has 1 aromatic heterocycles. The summed E-state index contributed by atoms with van der Waals surface area (Å²) in [5, 5.41) is 11.1. The smallest absolute Gasteiger partial charge is 0.101 e. The van der Waals surface area contributed by atoms with E-state index < -0.39 is 0 Å². The number of para-hydroxylation sites is 2. The number of rotatable bonds is 0. The van der Waals surface area contributed by atoms with Gasteiger partial charge in [-0.1, -0.05) is 30.3 Å². The average Bonchev–Trinajstić information content (AvgIpc) is 2.35. The van der Waals surface area contributed by atoms with Gasteiger partial charge in [0, 0.05) is 10.8 Å².